The maximum Gasteiger partial charge on any atom is 0.490 e. The quantitative estimate of drug-likeness (QED) is 0.557. The minimum Gasteiger partial charge on any atom is -0.475 e. The van der Waals surface area contributed by atoms with Gasteiger partial charge in [-0.1, -0.05) is 12.1 Å². The highest BCUT2D eigenvalue weighted by molar-refractivity contribution is 5.80. The highest BCUT2D eigenvalue weighted by atomic mass is 19.4. The van der Waals surface area contributed by atoms with Gasteiger partial charge in [0.2, 0.25) is 5.91 Å². The molecule has 2 atom stereocenters. The molecule has 2 aliphatic rings. The Morgan fingerprint density at radius 3 is 2.05 bits per heavy atom. The number of nitrogens with zero attached hydrogens (tertiary/aromatic N) is 4. The number of carboxylic acid groups (broad SMARTS) is 2. The number of hydrogen-bond donors (Lipinski definition) is 2. The van der Waals surface area contributed by atoms with Crippen molar-refractivity contribution in [2.75, 3.05) is 19.6 Å². The van der Waals surface area contributed by atoms with E-state index in [9.17, 15) is 31.1 Å². The summed E-state index contributed by atoms with van der Waals surface area (Å²) in [5, 5.41) is 14.2. The zero-order valence-corrected chi connectivity index (χ0v) is 19.7. The van der Waals surface area contributed by atoms with Crippen molar-refractivity contribution in [1.29, 1.82) is 0 Å². The molecule has 15 heteroatoms. The van der Waals surface area contributed by atoms with Gasteiger partial charge < -0.3 is 15.1 Å². The van der Waals surface area contributed by atoms with Crippen molar-refractivity contribution >= 4 is 17.8 Å². The van der Waals surface area contributed by atoms with E-state index in [1.807, 2.05) is 41.6 Å². The first-order chi connectivity index (χ1) is 17.7. The Bertz CT molecular complexity index is 1050. The lowest BCUT2D eigenvalue weighted by atomic mass is 9.88. The lowest BCUT2D eigenvalue weighted by Gasteiger charge is -2.33. The molecule has 0 spiro atoms. The lowest BCUT2D eigenvalue weighted by molar-refractivity contribution is -0.193. The number of carboxylic acids is 2. The molecule has 2 aromatic heterocycles. The molecule has 0 aliphatic carbocycles. The van der Waals surface area contributed by atoms with Crippen LogP contribution in [-0.2, 0) is 27.5 Å². The normalized spacial score (nSPS) is 19.4. The zero-order valence-electron chi connectivity index (χ0n) is 19.7. The van der Waals surface area contributed by atoms with Gasteiger partial charge >= 0.3 is 24.3 Å². The molecular weight excluding hydrogens is 526 g/mol. The first-order valence-corrected chi connectivity index (χ1v) is 11.1. The van der Waals surface area contributed by atoms with Crippen LogP contribution in [0.4, 0.5) is 26.3 Å². The molecule has 2 aliphatic heterocycles. The number of pyridine rings is 2. The topological polar surface area (TPSA) is 124 Å². The Morgan fingerprint density at radius 2 is 1.55 bits per heavy atom. The summed E-state index contributed by atoms with van der Waals surface area (Å²) in [6.45, 7) is 4.23. The van der Waals surface area contributed by atoms with Crippen molar-refractivity contribution in [3.8, 4) is 0 Å². The molecule has 1 amide bonds. The summed E-state index contributed by atoms with van der Waals surface area (Å²) in [7, 11) is 0. The van der Waals surface area contributed by atoms with Crippen LogP contribution in [0.3, 0.4) is 0 Å². The van der Waals surface area contributed by atoms with Crippen molar-refractivity contribution in [2.45, 2.75) is 31.9 Å². The van der Waals surface area contributed by atoms with E-state index in [2.05, 4.69) is 20.9 Å². The summed E-state index contributed by atoms with van der Waals surface area (Å²) >= 11 is 0. The molecule has 2 saturated heterocycles. The van der Waals surface area contributed by atoms with Gasteiger partial charge in [0.1, 0.15) is 0 Å². The summed E-state index contributed by atoms with van der Waals surface area (Å²) < 4.78 is 63.5. The third-order valence-electron chi connectivity index (χ3n) is 5.61. The molecule has 0 aromatic carbocycles. The lowest BCUT2D eigenvalue weighted by Crippen LogP contribution is -2.44. The predicted octanol–water partition coefficient (Wildman–Crippen LogP) is 3.22. The van der Waals surface area contributed by atoms with E-state index in [1.165, 1.54) is 0 Å². The summed E-state index contributed by atoms with van der Waals surface area (Å²) in [5.74, 6) is -4.58. The van der Waals surface area contributed by atoms with E-state index in [1.54, 1.807) is 6.20 Å². The first kappa shape index (κ1) is 30.5. The van der Waals surface area contributed by atoms with Crippen molar-refractivity contribution < 1.29 is 50.9 Å². The second-order valence-electron chi connectivity index (χ2n) is 8.40. The highest BCUT2D eigenvalue weighted by Crippen LogP contribution is 2.33. The van der Waals surface area contributed by atoms with Gasteiger partial charge in [0.25, 0.3) is 0 Å². The molecule has 9 nitrogen and oxygen atoms in total. The third kappa shape index (κ3) is 9.61. The van der Waals surface area contributed by atoms with E-state index < -0.39 is 24.3 Å². The van der Waals surface area contributed by atoms with Crippen molar-refractivity contribution in [2.24, 2.45) is 11.8 Å². The largest absolute Gasteiger partial charge is 0.490 e. The van der Waals surface area contributed by atoms with Gasteiger partial charge in [-0.05, 0) is 36.1 Å². The second-order valence-corrected chi connectivity index (χ2v) is 8.40. The number of likely N-dealkylation sites (tertiary alicyclic amines) is 2. The molecule has 2 N–H and O–H groups in total. The van der Waals surface area contributed by atoms with E-state index in [-0.39, 0.29) is 5.92 Å². The van der Waals surface area contributed by atoms with E-state index in [4.69, 9.17) is 19.8 Å². The molecule has 2 aromatic rings. The number of piperidine rings is 1. The van der Waals surface area contributed by atoms with Crippen molar-refractivity contribution in [3.05, 3.63) is 60.2 Å². The van der Waals surface area contributed by atoms with Crippen molar-refractivity contribution in [1.82, 2.24) is 19.8 Å². The van der Waals surface area contributed by atoms with Crippen LogP contribution in [0.15, 0.2) is 48.9 Å². The minimum absolute atomic E-state index is 0.138. The molecule has 0 bridgehead atoms. The molecule has 0 radical (unpaired) electrons. The Balaban J connectivity index is 0.000000301. The van der Waals surface area contributed by atoms with E-state index in [0.717, 1.165) is 43.9 Å². The summed E-state index contributed by atoms with van der Waals surface area (Å²) in [4.78, 5) is 43.6. The maximum absolute atomic E-state index is 12.9. The Labute approximate surface area is 212 Å². The van der Waals surface area contributed by atoms with Gasteiger partial charge in [-0.25, -0.2) is 9.59 Å². The molecular formula is C23H24F6N4O5. The highest BCUT2D eigenvalue weighted by Gasteiger charge is 2.42. The van der Waals surface area contributed by atoms with Gasteiger partial charge in [-0.3, -0.25) is 19.7 Å². The fraction of sp³-hybridized carbons (Fsp3) is 0.435. The molecule has 38 heavy (non-hydrogen) atoms. The monoisotopic (exact) mass is 550 g/mol. The number of fused-ring (bicyclic) bond motifs is 1. The van der Waals surface area contributed by atoms with Crippen LogP contribution in [0.5, 0.6) is 0 Å². The maximum atomic E-state index is 12.9. The molecule has 4 rings (SSSR count). The fourth-order valence-electron chi connectivity index (χ4n) is 3.92. The van der Waals surface area contributed by atoms with Gasteiger partial charge in [0.15, 0.2) is 0 Å². The second kappa shape index (κ2) is 13.2. The Hall–Kier alpha value is -3.75. The van der Waals surface area contributed by atoms with Crippen LogP contribution in [0, 0.1) is 11.8 Å². The van der Waals surface area contributed by atoms with Crippen LogP contribution >= 0.6 is 0 Å². The zero-order chi connectivity index (χ0) is 28.5. The Kier molecular flexibility index (Phi) is 10.6. The number of carbonyl (C=O) groups is 3. The smallest absolute Gasteiger partial charge is 0.475 e. The van der Waals surface area contributed by atoms with E-state index in [0.29, 0.717) is 18.4 Å². The van der Waals surface area contributed by atoms with Crippen LogP contribution in [0.25, 0.3) is 0 Å². The number of amides is 1. The molecule has 208 valence electrons. The molecule has 0 saturated carbocycles. The first-order valence-electron chi connectivity index (χ1n) is 11.1. The van der Waals surface area contributed by atoms with Gasteiger partial charge in [-0.15, -0.1) is 0 Å². The standard InChI is InChI=1S/C19H22N4O.2C2HF3O2/c24-19-18-14-22(13-17-5-1-2-8-21-17)12-16(18)6-9-23(19)11-15-4-3-7-20-10-15;2*3-2(4,5)1(6)7/h1-5,7-8,10,16,18H,6,9,11-14H2;2*(H,6,7)/t16-,18-;;/m0../s1. The summed E-state index contributed by atoms with van der Waals surface area (Å²) in [6, 6.07) is 9.98. The Morgan fingerprint density at radius 1 is 0.921 bits per heavy atom. The van der Waals surface area contributed by atoms with Crippen LogP contribution < -0.4 is 0 Å². The number of aromatic nitrogens is 2. The fourth-order valence-corrected chi connectivity index (χ4v) is 3.92. The summed E-state index contributed by atoms with van der Waals surface area (Å²) in [5.41, 5.74) is 2.18. The average Bonchev–Trinajstić information content (AvgIpc) is 3.25. The number of halogens is 6. The van der Waals surface area contributed by atoms with Crippen molar-refractivity contribution in [3.63, 3.8) is 0 Å². The predicted molar refractivity (Wildman–Crippen MR) is 118 cm³/mol. The number of carbonyl (C=O) groups excluding carboxylic acids is 1. The van der Waals surface area contributed by atoms with E-state index >= 15 is 0 Å². The van der Waals surface area contributed by atoms with Gasteiger partial charge in [0.05, 0.1) is 11.6 Å². The average molecular weight is 550 g/mol. The summed E-state index contributed by atoms with van der Waals surface area (Å²) in [6.07, 6.45) is -3.62. The minimum atomic E-state index is -5.08. The molecule has 4 heterocycles. The molecule has 2 fully saturated rings. The van der Waals surface area contributed by atoms with Crippen LogP contribution in [0.2, 0.25) is 0 Å². The van der Waals surface area contributed by atoms with Crippen LogP contribution in [0.1, 0.15) is 17.7 Å². The SMILES string of the molecule is O=C(O)C(F)(F)F.O=C(O)C(F)(F)F.O=C1[C@H]2CN(Cc3ccccn3)C[C@@H]2CCN1Cc1cccnc1. The number of rotatable bonds is 4. The number of aliphatic carboxylic acids is 2. The van der Waals surface area contributed by atoms with Crippen LogP contribution in [-0.4, -0.2) is 79.8 Å². The molecule has 0 unspecified atom stereocenters. The third-order valence-corrected chi connectivity index (χ3v) is 5.61. The van der Waals surface area contributed by atoms with Gasteiger partial charge in [0, 0.05) is 51.3 Å². The number of hydrogen-bond acceptors (Lipinski definition) is 6. The number of alkyl halides is 6. The van der Waals surface area contributed by atoms with Gasteiger partial charge in [-0.2, -0.15) is 26.3 Å².